The molecule has 4 rings (SSSR count). The third kappa shape index (κ3) is 3.64. The van der Waals surface area contributed by atoms with Crippen LogP contribution in [0.2, 0.25) is 0 Å². The number of esters is 1. The van der Waals surface area contributed by atoms with Gasteiger partial charge < -0.3 is 4.74 Å². The Bertz CT molecular complexity index is 1080. The molecule has 4 aromatic rings. The molecule has 0 aliphatic heterocycles. The van der Waals surface area contributed by atoms with E-state index in [0.717, 1.165) is 22.1 Å². The maximum atomic E-state index is 12.5. The summed E-state index contributed by atoms with van der Waals surface area (Å²) in [4.78, 5) is 17.0. The number of carbonyl (C=O) groups excluding carboxylic acids is 1. The first-order valence-electron chi connectivity index (χ1n) is 8.72. The molecule has 0 amide bonds. The van der Waals surface area contributed by atoms with E-state index in [1.165, 1.54) is 11.8 Å². The third-order valence-electron chi connectivity index (χ3n) is 4.18. The molecule has 6 nitrogen and oxygen atoms in total. The summed E-state index contributed by atoms with van der Waals surface area (Å²) < 4.78 is 7.10. The van der Waals surface area contributed by atoms with Crippen LogP contribution in [0.5, 0.6) is 0 Å². The zero-order valence-electron chi connectivity index (χ0n) is 14.8. The highest BCUT2D eigenvalue weighted by molar-refractivity contribution is 8.00. The average molecular weight is 378 g/mol. The molecule has 27 heavy (non-hydrogen) atoms. The van der Waals surface area contributed by atoms with Crippen LogP contribution in [0.3, 0.4) is 0 Å². The first kappa shape index (κ1) is 17.5. The SMILES string of the molecule is CCOC(=O)[C@H](Cc1ccccc1)Sc1nnc2c3ccccc3ncn12. The molecular weight excluding hydrogens is 360 g/mol. The Morgan fingerprint density at radius 2 is 1.89 bits per heavy atom. The molecule has 1 atom stereocenters. The third-order valence-corrected chi connectivity index (χ3v) is 5.32. The summed E-state index contributed by atoms with van der Waals surface area (Å²) in [5.74, 6) is -0.253. The van der Waals surface area contributed by atoms with Gasteiger partial charge in [0.15, 0.2) is 10.8 Å². The summed E-state index contributed by atoms with van der Waals surface area (Å²) >= 11 is 1.35. The van der Waals surface area contributed by atoms with E-state index < -0.39 is 5.25 Å². The van der Waals surface area contributed by atoms with Crippen molar-refractivity contribution in [2.24, 2.45) is 0 Å². The molecule has 0 saturated heterocycles. The van der Waals surface area contributed by atoms with Crippen LogP contribution in [0.25, 0.3) is 16.6 Å². The number of thioether (sulfide) groups is 1. The van der Waals surface area contributed by atoms with Gasteiger partial charge in [-0.3, -0.25) is 9.20 Å². The van der Waals surface area contributed by atoms with Crippen molar-refractivity contribution >= 4 is 34.3 Å². The fourth-order valence-corrected chi connectivity index (χ4v) is 3.93. The minimum atomic E-state index is -0.411. The number of ether oxygens (including phenoxy) is 1. The molecule has 2 heterocycles. The van der Waals surface area contributed by atoms with Crippen molar-refractivity contribution in [2.75, 3.05) is 6.61 Å². The first-order chi connectivity index (χ1) is 13.3. The minimum Gasteiger partial charge on any atom is -0.465 e. The molecule has 0 saturated carbocycles. The van der Waals surface area contributed by atoms with Gasteiger partial charge in [0.05, 0.1) is 12.1 Å². The number of rotatable bonds is 6. The van der Waals surface area contributed by atoms with E-state index in [2.05, 4.69) is 15.2 Å². The van der Waals surface area contributed by atoms with Crippen molar-refractivity contribution in [2.45, 2.75) is 23.8 Å². The minimum absolute atomic E-state index is 0.253. The van der Waals surface area contributed by atoms with E-state index in [4.69, 9.17) is 4.74 Å². The highest BCUT2D eigenvalue weighted by Gasteiger charge is 2.24. The molecule has 2 aromatic carbocycles. The number of carbonyl (C=O) groups is 1. The predicted octanol–water partition coefficient (Wildman–Crippen LogP) is 3.54. The van der Waals surface area contributed by atoms with E-state index in [0.29, 0.717) is 18.2 Å². The lowest BCUT2D eigenvalue weighted by molar-refractivity contribution is -0.142. The maximum absolute atomic E-state index is 12.5. The second-order valence-electron chi connectivity index (χ2n) is 5.99. The lowest BCUT2D eigenvalue weighted by Crippen LogP contribution is -2.23. The fraction of sp³-hybridized carbons (Fsp3) is 0.200. The van der Waals surface area contributed by atoms with Crippen molar-refractivity contribution < 1.29 is 9.53 Å². The summed E-state index contributed by atoms with van der Waals surface area (Å²) in [7, 11) is 0. The van der Waals surface area contributed by atoms with E-state index in [-0.39, 0.29) is 5.97 Å². The Hall–Kier alpha value is -2.93. The monoisotopic (exact) mass is 378 g/mol. The van der Waals surface area contributed by atoms with Gasteiger partial charge in [-0.25, -0.2) is 4.98 Å². The summed E-state index contributed by atoms with van der Waals surface area (Å²) in [6.45, 7) is 2.15. The van der Waals surface area contributed by atoms with Gasteiger partial charge in [0, 0.05) is 5.39 Å². The van der Waals surface area contributed by atoms with Crippen molar-refractivity contribution in [3.05, 3.63) is 66.5 Å². The molecule has 7 heteroatoms. The fourth-order valence-electron chi connectivity index (χ4n) is 2.90. The highest BCUT2D eigenvalue weighted by Crippen LogP contribution is 2.27. The van der Waals surface area contributed by atoms with Gasteiger partial charge in [-0.2, -0.15) is 0 Å². The molecule has 0 bridgehead atoms. The van der Waals surface area contributed by atoms with Crippen LogP contribution in [0.15, 0.2) is 66.1 Å². The van der Waals surface area contributed by atoms with Crippen LogP contribution < -0.4 is 0 Å². The molecule has 0 fully saturated rings. The zero-order chi connectivity index (χ0) is 18.6. The molecule has 0 unspecified atom stereocenters. The number of aromatic nitrogens is 4. The van der Waals surface area contributed by atoms with Crippen molar-refractivity contribution in [3.63, 3.8) is 0 Å². The molecule has 0 spiro atoms. The number of nitrogens with zero attached hydrogens (tertiary/aromatic N) is 4. The van der Waals surface area contributed by atoms with Gasteiger partial charge >= 0.3 is 5.97 Å². The second-order valence-corrected chi connectivity index (χ2v) is 7.16. The van der Waals surface area contributed by atoms with Crippen LogP contribution in [0, 0.1) is 0 Å². The highest BCUT2D eigenvalue weighted by atomic mass is 32.2. The number of hydrogen-bond donors (Lipinski definition) is 0. The van der Waals surface area contributed by atoms with Gasteiger partial charge in [0.1, 0.15) is 11.6 Å². The number of benzene rings is 2. The smallest absolute Gasteiger partial charge is 0.319 e. The first-order valence-corrected chi connectivity index (χ1v) is 9.60. The Morgan fingerprint density at radius 3 is 2.70 bits per heavy atom. The lowest BCUT2D eigenvalue weighted by atomic mass is 10.1. The summed E-state index contributed by atoms with van der Waals surface area (Å²) in [6, 6.07) is 17.7. The van der Waals surface area contributed by atoms with Gasteiger partial charge in [-0.05, 0) is 31.0 Å². The summed E-state index contributed by atoms with van der Waals surface area (Å²) in [6.07, 6.45) is 2.25. The van der Waals surface area contributed by atoms with Crippen LogP contribution in [0.4, 0.5) is 0 Å². The Morgan fingerprint density at radius 1 is 1.11 bits per heavy atom. The topological polar surface area (TPSA) is 69.4 Å². The maximum Gasteiger partial charge on any atom is 0.319 e. The number of fused-ring (bicyclic) bond motifs is 3. The number of hydrogen-bond acceptors (Lipinski definition) is 6. The van der Waals surface area contributed by atoms with Gasteiger partial charge in [0.2, 0.25) is 0 Å². The normalized spacial score (nSPS) is 12.3. The average Bonchev–Trinajstić information content (AvgIpc) is 3.12. The molecule has 0 radical (unpaired) electrons. The molecule has 0 aliphatic rings. The van der Waals surface area contributed by atoms with Gasteiger partial charge in [-0.1, -0.05) is 54.2 Å². The Kier molecular flexibility index (Phi) is 5.02. The van der Waals surface area contributed by atoms with Gasteiger partial charge in [-0.15, -0.1) is 10.2 Å². The standard InChI is InChI=1S/C20H18N4O2S/c1-2-26-19(25)17(12-14-8-4-3-5-9-14)27-20-23-22-18-15-10-6-7-11-16(15)21-13-24(18)20/h3-11,13,17H,2,12H2,1H3/t17-/m0/s1. The second kappa shape index (κ2) is 7.75. The van der Waals surface area contributed by atoms with Crippen LogP contribution in [0.1, 0.15) is 12.5 Å². The Balaban J connectivity index is 1.68. The van der Waals surface area contributed by atoms with Crippen LogP contribution in [-0.4, -0.2) is 37.4 Å². The largest absolute Gasteiger partial charge is 0.465 e. The Labute approximate surface area is 160 Å². The van der Waals surface area contributed by atoms with E-state index in [1.54, 1.807) is 6.33 Å². The predicted molar refractivity (Wildman–Crippen MR) is 105 cm³/mol. The quantitative estimate of drug-likeness (QED) is 0.378. The zero-order valence-corrected chi connectivity index (χ0v) is 15.6. The van der Waals surface area contributed by atoms with E-state index >= 15 is 0 Å². The summed E-state index contributed by atoms with van der Waals surface area (Å²) in [5, 5.41) is 9.75. The summed E-state index contributed by atoms with van der Waals surface area (Å²) in [5.41, 5.74) is 2.66. The van der Waals surface area contributed by atoms with Crippen molar-refractivity contribution in [3.8, 4) is 0 Å². The van der Waals surface area contributed by atoms with Gasteiger partial charge in [0.25, 0.3) is 0 Å². The van der Waals surface area contributed by atoms with E-state index in [9.17, 15) is 4.79 Å². The molecule has 0 N–H and O–H groups in total. The molecule has 2 aromatic heterocycles. The lowest BCUT2D eigenvalue weighted by Gasteiger charge is -2.14. The van der Waals surface area contributed by atoms with E-state index in [1.807, 2.05) is 65.9 Å². The van der Waals surface area contributed by atoms with Crippen LogP contribution in [-0.2, 0) is 16.0 Å². The number of para-hydroxylation sites is 1. The molecular formula is C20H18N4O2S. The molecule has 136 valence electrons. The van der Waals surface area contributed by atoms with Crippen LogP contribution >= 0.6 is 11.8 Å². The molecule has 0 aliphatic carbocycles. The van der Waals surface area contributed by atoms with Crippen molar-refractivity contribution in [1.82, 2.24) is 19.6 Å². The van der Waals surface area contributed by atoms with Crippen molar-refractivity contribution in [1.29, 1.82) is 0 Å².